The third-order valence-electron chi connectivity index (χ3n) is 2.96. The van der Waals surface area contributed by atoms with Gasteiger partial charge in [-0.1, -0.05) is 29.8 Å². The molecular formula is C16H11ClO2S. The van der Waals surface area contributed by atoms with E-state index >= 15 is 0 Å². The van der Waals surface area contributed by atoms with Crippen molar-refractivity contribution in [2.24, 2.45) is 0 Å². The first kappa shape index (κ1) is 13.3. The van der Waals surface area contributed by atoms with Gasteiger partial charge in [0.05, 0.1) is 11.3 Å². The van der Waals surface area contributed by atoms with E-state index in [0.717, 1.165) is 15.9 Å². The van der Waals surface area contributed by atoms with Crippen molar-refractivity contribution < 1.29 is 9.21 Å². The molecule has 0 saturated heterocycles. The summed E-state index contributed by atoms with van der Waals surface area (Å²) in [7, 11) is 0. The van der Waals surface area contributed by atoms with E-state index in [-0.39, 0.29) is 5.78 Å². The summed E-state index contributed by atoms with van der Waals surface area (Å²) in [6.07, 6.45) is 1.54. The Kier molecular flexibility index (Phi) is 3.81. The summed E-state index contributed by atoms with van der Waals surface area (Å²) in [4.78, 5) is 13.3. The normalized spacial score (nSPS) is 10.8. The average Bonchev–Trinajstić information content (AvgIpc) is 2.90. The van der Waals surface area contributed by atoms with Crippen LogP contribution in [0.15, 0.2) is 64.1 Å². The van der Waals surface area contributed by atoms with Gasteiger partial charge in [0.15, 0.2) is 5.78 Å². The third kappa shape index (κ3) is 2.74. The summed E-state index contributed by atoms with van der Waals surface area (Å²) in [5.74, 6) is 0.445. The number of hydrogen-bond donors (Lipinski definition) is 0. The number of fused-ring (bicyclic) bond motifs is 1. The number of carbonyl (C=O) groups excluding carboxylic acids is 1. The van der Waals surface area contributed by atoms with Gasteiger partial charge in [-0.2, -0.15) is 0 Å². The van der Waals surface area contributed by atoms with Gasteiger partial charge >= 0.3 is 0 Å². The number of rotatable bonds is 4. The van der Waals surface area contributed by atoms with Crippen LogP contribution in [-0.4, -0.2) is 11.5 Å². The summed E-state index contributed by atoms with van der Waals surface area (Å²) in [6.45, 7) is 0. The number of Topliss-reactive ketones (excluding diaryl/α,β-unsaturated/α-hetero) is 1. The highest BCUT2D eigenvalue weighted by Gasteiger charge is 2.13. The smallest absolute Gasteiger partial charge is 0.176 e. The molecule has 1 aromatic heterocycles. The van der Waals surface area contributed by atoms with Gasteiger partial charge in [-0.3, -0.25) is 4.79 Å². The minimum Gasteiger partial charge on any atom is -0.464 e. The molecule has 0 N–H and O–H groups in total. The predicted octanol–water partition coefficient (Wildman–Crippen LogP) is 5.06. The monoisotopic (exact) mass is 302 g/mol. The number of hydrogen-bond acceptors (Lipinski definition) is 3. The van der Waals surface area contributed by atoms with E-state index in [4.69, 9.17) is 16.0 Å². The van der Waals surface area contributed by atoms with Gasteiger partial charge in [0.1, 0.15) is 11.8 Å². The van der Waals surface area contributed by atoms with E-state index in [1.54, 1.807) is 0 Å². The molecule has 0 aliphatic rings. The van der Waals surface area contributed by atoms with Crippen LogP contribution in [0.2, 0.25) is 5.02 Å². The van der Waals surface area contributed by atoms with Crippen LogP contribution in [0.3, 0.4) is 0 Å². The fourth-order valence-corrected chi connectivity index (χ4v) is 2.86. The predicted molar refractivity (Wildman–Crippen MR) is 82.7 cm³/mol. The Morgan fingerprint density at radius 1 is 1.10 bits per heavy atom. The van der Waals surface area contributed by atoms with Crippen molar-refractivity contribution in [1.29, 1.82) is 0 Å². The van der Waals surface area contributed by atoms with Crippen molar-refractivity contribution in [2.45, 2.75) is 4.90 Å². The number of halogens is 1. The molecule has 0 bridgehead atoms. The van der Waals surface area contributed by atoms with Crippen LogP contribution in [0.4, 0.5) is 0 Å². The molecule has 1 heterocycles. The number of benzene rings is 2. The number of ketones is 1. The zero-order valence-electron chi connectivity index (χ0n) is 10.5. The molecule has 0 amide bonds. The fraction of sp³-hybridized carbons (Fsp3) is 0.0625. The second-order valence-corrected chi connectivity index (χ2v) is 5.80. The van der Waals surface area contributed by atoms with Crippen LogP contribution in [-0.2, 0) is 0 Å². The molecule has 2 nitrogen and oxygen atoms in total. The van der Waals surface area contributed by atoms with E-state index in [1.807, 2.05) is 48.5 Å². The largest absolute Gasteiger partial charge is 0.464 e. The Morgan fingerprint density at radius 2 is 1.85 bits per heavy atom. The molecule has 4 heteroatoms. The van der Waals surface area contributed by atoms with Gasteiger partial charge in [-0.05, 0) is 30.3 Å². The highest BCUT2D eigenvalue weighted by atomic mass is 35.5. The Hall–Kier alpha value is -1.71. The Morgan fingerprint density at radius 3 is 2.65 bits per heavy atom. The SMILES string of the molecule is O=C(CSc1ccc(Cl)cc1)c1coc2ccccc12. The van der Waals surface area contributed by atoms with Crippen molar-refractivity contribution in [3.8, 4) is 0 Å². The maximum atomic E-state index is 12.3. The summed E-state index contributed by atoms with van der Waals surface area (Å²) in [6, 6.07) is 15.0. The molecule has 0 fully saturated rings. The molecular weight excluding hydrogens is 292 g/mol. The van der Waals surface area contributed by atoms with Crippen LogP contribution in [0, 0.1) is 0 Å². The molecule has 3 rings (SSSR count). The van der Waals surface area contributed by atoms with Gasteiger partial charge in [0, 0.05) is 15.3 Å². The molecule has 0 radical (unpaired) electrons. The second-order valence-electron chi connectivity index (χ2n) is 4.31. The molecule has 0 aliphatic heterocycles. The van der Waals surface area contributed by atoms with Gasteiger partial charge in [-0.15, -0.1) is 11.8 Å². The average molecular weight is 303 g/mol. The second kappa shape index (κ2) is 5.73. The molecule has 0 saturated carbocycles. The molecule has 100 valence electrons. The Labute approximate surface area is 125 Å². The number of carbonyl (C=O) groups is 1. The standard InChI is InChI=1S/C16H11ClO2S/c17-11-5-7-12(8-6-11)20-10-15(18)14-9-19-16-4-2-1-3-13(14)16/h1-9H,10H2. The lowest BCUT2D eigenvalue weighted by molar-refractivity contribution is 0.102. The maximum Gasteiger partial charge on any atom is 0.176 e. The lowest BCUT2D eigenvalue weighted by Crippen LogP contribution is -2.00. The summed E-state index contributed by atoms with van der Waals surface area (Å²) in [5.41, 5.74) is 1.38. The lowest BCUT2D eigenvalue weighted by atomic mass is 10.1. The highest BCUT2D eigenvalue weighted by Crippen LogP contribution is 2.25. The van der Waals surface area contributed by atoms with E-state index in [2.05, 4.69) is 0 Å². The van der Waals surface area contributed by atoms with Crippen LogP contribution < -0.4 is 0 Å². The Balaban J connectivity index is 1.75. The van der Waals surface area contributed by atoms with Crippen LogP contribution in [0.5, 0.6) is 0 Å². The number of furan rings is 1. The first-order valence-corrected chi connectivity index (χ1v) is 7.48. The van der Waals surface area contributed by atoms with E-state index in [0.29, 0.717) is 16.3 Å². The summed E-state index contributed by atoms with van der Waals surface area (Å²) >= 11 is 7.33. The molecule has 2 aromatic carbocycles. The minimum absolute atomic E-state index is 0.0647. The number of para-hydroxylation sites is 1. The minimum atomic E-state index is 0.0647. The first-order valence-electron chi connectivity index (χ1n) is 6.12. The van der Waals surface area contributed by atoms with Crippen molar-refractivity contribution in [2.75, 3.05) is 5.75 Å². The van der Waals surface area contributed by atoms with Crippen molar-refractivity contribution >= 4 is 40.1 Å². The van der Waals surface area contributed by atoms with Crippen LogP contribution >= 0.6 is 23.4 Å². The van der Waals surface area contributed by atoms with Crippen molar-refractivity contribution in [1.82, 2.24) is 0 Å². The fourth-order valence-electron chi connectivity index (χ4n) is 1.95. The van der Waals surface area contributed by atoms with Crippen LogP contribution in [0.25, 0.3) is 11.0 Å². The van der Waals surface area contributed by atoms with Gasteiger partial charge in [-0.25, -0.2) is 0 Å². The number of thioether (sulfide) groups is 1. The maximum absolute atomic E-state index is 12.3. The summed E-state index contributed by atoms with van der Waals surface area (Å²) < 4.78 is 5.39. The first-order chi connectivity index (χ1) is 9.74. The molecule has 3 aromatic rings. The van der Waals surface area contributed by atoms with Crippen LogP contribution in [0.1, 0.15) is 10.4 Å². The molecule has 0 aliphatic carbocycles. The topological polar surface area (TPSA) is 30.2 Å². The molecule has 0 spiro atoms. The van der Waals surface area contributed by atoms with E-state index < -0.39 is 0 Å². The van der Waals surface area contributed by atoms with Crippen molar-refractivity contribution in [3.63, 3.8) is 0 Å². The van der Waals surface area contributed by atoms with E-state index in [1.165, 1.54) is 18.0 Å². The quantitative estimate of drug-likeness (QED) is 0.498. The van der Waals surface area contributed by atoms with Gasteiger partial charge in [0.25, 0.3) is 0 Å². The third-order valence-corrected chi connectivity index (χ3v) is 4.23. The van der Waals surface area contributed by atoms with Crippen molar-refractivity contribution in [3.05, 3.63) is 65.4 Å². The summed E-state index contributed by atoms with van der Waals surface area (Å²) in [5, 5.41) is 1.57. The highest BCUT2D eigenvalue weighted by molar-refractivity contribution is 8.00. The lowest BCUT2D eigenvalue weighted by Gasteiger charge is -2.00. The zero-order valence-corrected chi connectivity index (χ0v) is 12.1. The zero-order chi connectivity index (χ0) is 13.9. The molecule has 0 unspecified atom stereocenters. The molecule has 0 atom stereocenters. The Bertz CT molecular complexity index is 747. The van der Waals surface area contributed by atoms with E-state index in [9.17, 15) is 4.79 Å². The van der Waals surface area contributed by atoms with Gasteiger partial charge < -0.3 is 4.42 Å². The van der Waals surface area contributed by atoms with Gasteiger partial charge in [0.2, 0.25) is 0 Å². The molecule has 20 heavy (non-hydrogen) atoms.